The molecule has 0 bridgehead atoms. The lowest BCUT2D eigenvalue weighted by Gasteiger charge is -2.37. The van der Waals surface area contributed by atoms with E-state index in [1.807, 2.05) is 0 Å². The van der Waals surface area contributed by atoms with E-state index in [4.69, 9.17) is 0 Å². The number of amides is 1. The van der Waals surface area contributed by atoms with Crippen LogP contribution >= 0.6 is 0 Å². The van der Waals surface area contributed by atoms with Crippen molar-refractivity contribution >= 4 is 17.8 Å². The first-order valence-electron chi connectivity index (χ1n) is 8.48. The molecule has 3 aliphatic rings. The number of hydrogen-bond donors (Lipinski definition) is 1. The number of anilines is 1. The minimum Gasteiger partial charge on any atom is -0.317 e. The van der Waals surface area contributed by atoms with E-state index >= 15 is 0 Å². The molecule has 3 heterocycles. The lowest BCUT2D eigenvalue weighted by Crippen LogP contribution is -2.30. The summed E-state index contributed by atoms with van der Waals surface area (Å²) in [6.45, 7) is 4.39. The maximum atomic E-state index is 14.1. The van der Waals surface area contributed by atoms with E-state index in [1.54, 1.807) is 34.1 Å². The fourth-order valence-electron chi connectivity index (χ4n) is 3.33. The normalized spacial score (nSPS) is 27.0. The molecule has 0 spiro atoms. The number of fused-ring (bicyclic) bond motifs is 1. The third-order valence-corrected chi connectivity index (χ3v) is 5.07. The highest BCUT2D eigenvalue weighted by Crippen LogP contribution is 2.42. The van der Waals surface area contributed by atoms with Gasteiger partial charge in [0, 0.05) is 12.3 Å². The Hall–Kier alpha value is -2.64. The number of carbonyl (C=O) groups is 1. The highest BCUT2D eigenvalue weighted by Gasteiger charge is 2.37. The first-order valence-corrected chi connectivity index (χ1v) is 8.48. The molecule has 1 aliphatic carbocycles. The van der Waals surface area contributed by atoms with Crippen LogP contribution in [0.25, 0.3) is 0 Å². The van der Waals surface area contributed by atoms with Crippen LogP contribution in [0, 0.1) is 17.8 Å². The Bertz CT molecular complexity index is 828. The minimum absolute atomic E-state index is 0.0904. The first-order chi connectivity index (χ1) is 12.0. The van der Waals surface area contributed by atoms with Crippen LogP contribution in [-0.2, 0) is 4.79 Å². The number of halogens is 1. The van der Waals surface area contributed by atoms with Crippen molar-refractivity contribution in [2.75, 3.05) is 5.32 Å². The number of rotatable bonds is 4. The van der Waals surface area contributed by atoms with Crippen LogP contribution in [0.1, 0.15) is 32.7 Å². The van der Waals surface area contributed by atoms with Crippen molar-refractivity contribution in [2.24, 2.45) is 21.9 Å². The molecule has 1 atom stereocenters. The summed E-state index contributed by atoms with van der Waals surface area (Å²) in [6, 6.07) is 0.205. The highest BCUT2D eigenvalue weighted by molar-refractivity contribution is 6.04. The molecule has 2 aliphatic heterocycles. The lowest BCUT2D eigenvalue weighted by atomic mass is 9.74. The summed E-state index contributed by atoms with van der Waals surface area (Å²) in [6.07, 6.45) is 9.61. The average Bonchev–Trinajstić information content (AvgIpc) is 3.10. The molecule has 8 heteroatoms. The number of nitrogens with one attached hydrogen (secondary N) is 1. The van der Waals surface area contributed by atoms with Crippen molar-refractivity contribution in [3.05, 3.63) is 36.2 Å². The zero-order chi connectivity index (χ0) is 17.6. The lowest BCUT2D eigenvalue weighted by molar-refractivity contribution is -0.546. The summed E-state index contributed by atoms with van der Waals surface area (Å²) in [5.74, 6) is 0.197. The quantitative estimate of drug-likeness (QED) is 0.854. The smallest absolute Gasteiger partial charge is 0.309 e. The van der Waals surface area contributed by atoms with Gasteiger partial charge in [-0.1, -0.05) is 18.5 Å². The van der Waals surface area contributed by atoms with Crippen LogP contribution < -0.4 is 5.32 Å². The second-order valence-corrected chi connectivity index (χ2v) is 6.99. The molecule has 0 radical (unpaired) electrons. The maximum absolute atomic E-state index is 14.1. The Balaban J connectivity index is 1.43. The summed E-state index contributed by atoms with van der Waals surface area (Å²) in [5.41, 5.74) is 0.462. The van der Waals surface area contributed by atoms with Gasteiger partial charge in [0.05, 0.1) is 12.2 Å². The molecule has 1 unspecified atom stereocenters. The van der Waals surface area contributed by atoms with Gasteiger partial charge in [-0.3, -0.25) is 9.48 Å². The van der Waals surface area contributed by atoms with Gasteiger partial charge in [-0.15, -0.1) is 5.10 Å². The molecule has 1 fully saturated rings. The van der Waals surface area contributed by atoms with Crippen LogP contribution in [-0.4, -0.2) is 32.8 Å². The molecule has 4 rings (SSSR count). The van der Waals surface area contributed by atoms with Gasteiger partial charge in [-0.2, -0.15) is 4.39 Å². The average molecular weight is 343 g/mol. The number of hydrogen-bond acceptors (Lipinski definition) is 4. The fourth-order valence-corrected chi connectivity index (χ4v) is 3.33. The fraction of sp³-hybridized carbons (Fsp3) is 0.471. The van der Waals surface area contributed by atoms with Crippen LogP contribution in [0.4, 0.5) is 10.1 Å². The molecule has 7 nitrogen and oxygen atoms in total. The van der Waals surface area contributed by atoms with Crippen molar-refractivity contribution in [3.8, 4) is 0 Å². The molecular weight excluding hydrogens is 323 g/mol. The monoisotopic (exact) mass is 343 g/mol. The van der Waals surface area contributed by atoms with E-state index in [1.165, 1.54) is 6.20 Å². The van der Waals surface area contributed by atoms with E-state index in [2.05, 4.69) is 34.4 Å². The van der Waals surface area contributed by atoms with Crippen molar-refractivity contribution in [3.63, 3.8) is 0 Å². The molecular formula is C17H20FN6O+. The van der Waals surface area contributed by atoms with Crippen LogP contribution in [0.15, 0.2) is 40.4 Å². The number of aromatic nitrogens is 2. The SMILES string of the molecule is CC(C)C1CC(n2cc(NC(=O)C3=CN=[N+]4C=CC=NC34)c(F)n2)C1. The van der Waals surface area contributed by atoms with Gasteiger partial charge in [-0.25, -0.2) is 4.99 Å². The van der Waals surface area contributed by atoms with Crippen LogP contribution in [0.3, 0.4) is 0 Å². The summed E-state index contributed by atoms with van der Waals surface area (Å²) >= 11 is 0. The van der Waals surface area contributed by atoms with E-state index < -0.39 is 18.0 Å². The number of nitrogens with zero attached hydrogens (tertiary/aromatic N) is 5. The summed E-state index contributed by atoms with van der Waals surface area (Å²) in [4.78, 5) is 16.7. The highest BCUT2D eigenvalue weighted by atomic mass is 19.1. The van der Waals surface area contributed by atoms with Gasteiger partial charge in [0.2, 0.25) is 6.20 Å². The van der Waals surface area contributed by atoms with Gasteiger partial charge >= 0.3 is 6.17 Å². The van der Waals surface area contributed by atoms with Crippen molar-refractivity contribution < 1.29 is 13.9 Å². The predicted molar refractivity (Wildman–Crippen MR) is 89.6 cm³/mol. The standard InChI is InChI=1S/C17H19FN6O/c1-10(2)11-6-12(7-11)24-9-14(15(18)22-24)21-17(25)13-8-20-23-5-3-4-19-16(13)23/h3-5,8-12,16H,6-7H2,1-2H3/p+1. The maximum Gasteiger partial charge on any atom is 0.309 e. The van der Waals surface area contributed by atoms with E-state index in [-0.39, 0.29) is 11.7 Å². The van der Waals surface area contributed by atoms with Crippen LogP contribution in [0.5, 0.6) is 0 Å². The van der Waals surface area contributed by atoms with E-state index in [0.717, 1.165) is 12.8 Å². The second-order valence-electron chi connectivity index (χ2n) is 6.99. The molecule has 1 aromatic heterocycles. The molecule has 1 aromatic rings. The van der Waals surface area contributed by atoms with Crippen LogP contribution in [0.2, 0.25) is 0 Å². The second kappa shape index (κ2) is 6.02. The van der Waals surface area contributed by atoms with Crippen molar-refractivity contribution in [2.45, 2.75) is 38.9 Å². The Kier molecular flexibility index (Phi) is 3.82. The Morgan fingerprint density at radius 1 is 1.44 bits per heavy atom. The molecule has 1 saturated carbocycles. The Labute approximate surface area is 144 Å². The number of azo groups is 2. The molecule has 0 aromatic carbocycles. The van der Waals surface area contributed by atoms with Gasteiger partial charge in [-0.05, 0) is 29.8 Å². The molecule has 1 N–H and O–H groups in total. The Morgan fingerprint density at radius 2 is 2.24 bits per heavy atom. The third kappa shape index (κ3) is 2.81. The molecule has 1 amide bonds. The molecule has 0 saturated heterocycles. The Morgan fingerprint density at radius 3 is 3.00 bits per heavy atom. The van der Waals surface area contributed by atoms with E-state index in [0.29, 0.717) is 17.4 Å². The number of carbonyl (C=O) groups excluding carboxylic acids is 1. The first kappa shape index (κ1) is 15.9. The van der Waals surface area contributed by atoms with Crippen molar-refractivity contribution in [1.82, 2.24) is 9.78 Å². The topological polar surface area (TPSA) is 74.7 Å². The van der Waals surface area contributed by atoms with E-state index in [9.17, 15) is 9.18 Å². The van der Waals surface area contributed by atoms with Gasteiger partial charge < -0.3 is 5.32 Å². The molecule has 130 valence electrons. The summed E-state index contributed by atoms with van der Waals surface area (Å²) in [7, 11) is 0. The third-order valence-electron chi connectivity index (χ3n) is 5.07. The predicted octanol–water partition coefficient (Wildman–Crippen LogP) is 2.85. The zero-order valence-corrected chi connectivity index (χ0v) is 14.1. The largest absolute Gasteiger partial charge is 0.317 e. The van der Waals surface area contributed by atoms with Crippen molar-refractivity contribution in [1.29, 1.82) is 0 Å². The minimum atomic E-state index is -0.666. The summed E-state index contributed by atoms with van der Waals surface area (Å²) in [5, 5.41) is 10.6. The van der Waals surface area contributed by atoms with Gasteiger partial charge in [0.1, 0.15) is 17.5 Å². The van der Waals surface area contributed by atoms with Gasteiger partial charge in [0.25, 0.3) is 11.9 Å². The number of allylic oxidation sites excluding steroid dienone is 1. The summed E-state index contributed by atoms with van der Waals surface area (Å²) < 4.78 is 17.3. The van der Waals surface area contributed by atoms with Gasteiger partial charge in [0.15, 0.2) is 0 Å². The molecule has 25 heavy (non-hydrogen) atoms. The number of aliphatic imine (C=N–C) groups is 1. The zero-order valence-electron chi connectivity index (χ0n) is 14.1.